The molecule has 0 radical (unpaired) electrons. The van der Waals surface area contributed by atoms with E-state index >= 15 is 0 Å². The van der Waals surface area contributed by atoms with Gasteiger partial charge in [0.15, 0.2) is 5.69 Å². The second kappa shape index (κ2) is 8.19. The molecule has 30 heavy (non-hydrogen) atoms. The normalized spacial score (nSPS) is 15.3. The summed E-state index contributed by atoms with van der Waals surface area (Å²) in [6.07, 6.45) is -8.96. The Morgan fingerprint density at radius 2 is 1.73 bits per heavy atom. The lowest BCUT2D eigenvalue weighted by Crippen LogP contribution is -2.29. The SMILES string of the molecule is O=S(=O)(Cc1ccc(C(F)(F)F)cc1)NCCn1nc(C(F)(F)F)c2c1CCOC2. The largest absolute Gasteiger partial charge is 0.435 e. The Morgan fingerprint density at radius 1 is 1.07 bits per heavy atom. The molecule has 2 heterocycles. The summed E-state index contributed by atoms with van der Waals surface area (Å²) in [6, 6.07) is 3.67. The summed E-state index contributed by atoms with van der Waals surface area (Å²) in [5.74, 6) is -0.565. The monoisotopic (exact) mass is 457 g/mol. The lowest BCUT2D eigenvalue weighted by Gasteiger charge is -2.15. The number of fused-ring (bicyclic) bond motifs is 1. The Bertz CT molecular complexity index is 997. The highest BCUT2D eigenvalue weighted by molar-refractivity contribution is 7.88. The van der Waals surface area contributed by atoms with Crippen molar-refractivity contribution in [2.75, 3.05) is 13.2 Å². The van der Waals surface area contributed by atoms with Gasteiger partial charge in [-0.3, -0.25) is 4.68 Å². The summed E-state index contributed by atoms with van der Waals surface area (Å²) in [5.41, 5.74) is -1.52. The maximum Gasteiger partial charge on any atom is 0.435 e. The number of aromatic nitrogens is 2. The van der Waals surface area contributed by atoms with Crippen LogP contribution >= 0.6 is 0 Å². The summed E-state index contributed by atoms with van der Waals surface area (Å²) in [7, 11) is -3.92. The third-order valence-electron chi connectivity index (χ3n) is 4.45. The number of nitrogens with one attached hydrogen (secondary N) is 1. The fourth-order valence-corrected chi connectivity index (χ4v) is 4.22. The number of halogens is 6. The molecule has 2 aromatic rings. The Labute approximate surface area is 167 Å². The third kappa shape index (κ3) is 5.32. The Balaban J connectivity index is 1.64. The first kappa shape index (κ1) is 22.6. The van der Waals surface area contributed by atoms with E-state index in [1.807, 2.05) is 0 Å². The van der Waals surface area contributed by atoms with Crippen molar-refractivity contribution >= 4 is 10.0 Å². The van der Waals surface area contributed by atoms with Crippen molar-refractivity contribution in [3.63, 3.8) is 0 Å². The second-order valence-corrected chi connectivity index (χ2v) is 8.45. The molecule has 0 saturated heterocycles. The first-order valence-corrected chi connectivity index (χ1v) is 10.4. The minimum absolute atomic E-state index is 0.0543. The number of rotatable bonds is 6. The number of sulfonamides is 1. The van der Waals surface area contributed by atoms with Gasteiger partial charge in [-0.05, 0) is 17.7 Å². The van der Waals surface area contributed by atoms with E-state index in [0.29, 0.717) is 5.69 Å². The zero-order chi connectivity index (χ0) is 22.2. The van der Waals surface area contributed by atoms with E-state index in [4.69, 9.17) is 4.74 Å². The van der Waals surface area contributed by atoms with E-state index in [0.717, 1.165) is 28.9 Å². The average molecular weight is 457 g/mol. The van der Waals surface area contributed by atoms with Gasteiger partial charge in [-0.15, -0.1) is 0 Å². The minimum Gasteiger partial charge on any atom is -0.376 e. The minimum atomic E-state index is -4.65. The van der Waals surface area contributed by atoms with Gasteiger partial charge in [-0.25, -0.2) is 13.1 Å². The number of nitrogens with zero attached hydrogens (tertiary/aromatic N) is 2. The fourth-order valence-electron chi connectivity index (χ4n) is 3.09. The van der Waals surface area contributed by atoms with Gasteiger partial charge in [0, 0.05) is 24.2 Å². The van der Waals surface area contributed by atoms with Crippen LogP contribution in [-0.4, -0.2) is 31.3 Å². The molecule has 1 aliphatic heterocycles. The van der Waals surface area contributed by atoms with Gasteiger partial charge in [0.25, 0.3) is 0 Å². The van der Waals surface area contributed by atoms with Gasteiger partial charge in [0.2, 0.25) is 10.0 Å². The van der Waals surface area contributed by atoms with E-state index in [2.05, 4.69) is 9.82 Å². The Morgan fingerprint density at radius 3 is 2.33 bits per heavy atom. The number of hydrogen-bond acceptors (Lipinski definition) is 4. The molecule has 0 saturated carbocycles. The molecule has 0 fully saturated rings. The number of hydrogen-bond donors (Lipinski definition) is 1. The van der Waals surface area contributed by atoms with Crippen LogP contribution in [0.1, 0.15) is 28.1 Å². The predicted molar refractivity (Wildman–Crippen MR) is 92.7 cm³/mol. The second-order valence-electron chi connectivity index (χ2n) is 6.65. The van der Waals surface area contributed by atoms with Crippen LogP contribution in [0.3, 0.4) is 0 Å². The van der Waals surface area contributed by atoms with E-state index in [-0.39, 0.29) is 43.9 Å². The van der Waals surface area contributed by atoms with E-state index in [9.17, 15) is 34.8 Å². The van der Waals surface area contributed by atoms with Crippen LogP contribution in [-0.2, 0) is 52.4 Å². The lowest BCUT2D eigenvalue weighted by atomic mass is 10.1. The predicted octanol–water partition coefficient (Wildman–Crippen LogP) is 3.11. The number of benzene rings is 1. The van der Waals surface area contributed by atoms with Crippen molar-refractivity contribution in [3.8, 4) is 0 Å². The molecule has 0 atom stereocenters. The van der Waals surface area contributed by atoms with Gasteiger partial charge in [-0.1, -0.05) is 12.1 Å². The Kier molecular flexibility index (Phi) is 6.16. The molecule has 3 rings (SSSR count). The van der Waals surface area contributed by atoms with Crippen molar-refractivity contribution in [1.29, 1.82) is 0 Å². The first-order valence-electron chi connectivity index (χ1n) is 8.74. The summed E-state index contributed by atoms with van der Waals surface area (Å²) in [5, 5.41) is 3.57. The van der Waals surface area contributed by atoms with Crippen LogP contribution in [0.15, 0.2) is 24.3 Å². The van der Waals surface area contributed by atoms with E-state index in [1.54, 1.807) is 0 Å². The highest BCUT2D eigenvalue weighted by atomic mass is 32.2. The van der Waals surface area contributed by atoms with Crippen molar-refractivity contribution in [2.45, 2.75) is 37.7 Å². The Hall–Kier alpha value is -2.12. The fraction of sp³-hybridized carbons (Fsp3) is 0.471. The van der Waals surface area contributed by atoms with Crippen LogP contribution in [0.5, 0.6) is 0 Å². The maximum atomic E-state index is 13.1. The van der Waals surface area contributed by atoms with Crippen molar-refractivity contribution < 1.29 is 39.5 Å². The van der Waals surface area contributed by atoms with Crippen LogP contribution in [0.25, 0.3) is 0 Å². The molecule has 0 aliphatic carbocycles. The van der Waals surface area contributed by atoms with E-state index < -0.39 is 39.4 Å². The summed E-state index contributed by atoms with van der Waals surface area (Å²) in [6.45, 7) is -0.348. The maximum absolute atomic E-state index is 13.1. The van der Waals surface area contributed by atoms with Crippen LogP contribution in [0.2, 0.25) is 0 Å². The standard InChI is InChI=1S/C17H17F6N3O3S/c18-16(19,20)12-3-1-11(2-4-12)10-30(27,28)24-6-7-26-14-5-8-29-9-13(14)15(25-26)17(21,22)23/h1-4,24H,5-10H2. The van der Waals surface area contributed by atoms with Crippen molar-refractivity contribution in [3.05, 3.63) is 52.3 Å². The van der Waals surface area contributed by atoms with Gasteiger partial charge < -0.3 is 4.74 Å². The smallest absolute Gasteiger partial charge is 0.376 e. The van der Waals surface area contributed by atoms with Crippen molar-refractivity contribution in [1.82, 2.24) is 14.5 Å². The molecule has 1 aromatic heterocycles. The molecule has 166 valence electrons. The van der Waals surface area contributed by atoms with Crippen LogP contribution in [0.4, 0.5) is 26.3 Å². The zero-order valence-electron chi connectivity index (χ0n) is 15.3. The molecule has 1 aromatic carbocycles. The molecule has 0 bridgehead atoms. The summed E-state index contributed by atoms with van der Waals surface area (Å²) in [4.78, 5) is 0. The van der Waals surface area contributed by atoms with Gasteiger partial charge in [0.05, 0.1) is 31.1 Å². The van der Waals surface area contributed by atoms with Crippen molar-refractivity contribution in [2.24, 2.45) is 0 Å². The molecular formula is C17H17F6N3O3S. The summed E-state index contributed by atoms with van der Waals surface area (Å²) < 4.78 is 110. The average Bonchev–Trinajstić information content (AvgIpc) is 3.00. The molecule has 1 N–H and O–H groups in total. The lowest BCUT2D eigenvalue weighted by molar-refractivity contribution is -0.143. The topological polar surface area (TPSA) is 73.2 Å². The summed E-state index contributed by atoms with van der Waals surface area (Å²) >= 11 is 0. The molecule has 0 unspecified atom stereocenters. The van der Waals surface area contributed by atoms with Crippen LogP contribution < -0.4 is 4.72 Å². The highest BCUT2D eigenvalue weighted by Crippen LogP contribution is 2.34. The van der Waals surface area contributed by atoms with Gasteiger partial charge in [-0.2, -0.15) is 31.4 Å². The quantitative estimate of drug-likeness (QED) is 0.677. The number of alkyl halides is 6. The highest BCUT2D eigenvalue weighted by Gasteiger charge is 2.39. The van der Waals surface area contributed by atoms with E-state index in [1.165, 1.54) is 0 Å². The molecule has 0 spiro atoms. The van der Waals surface area contributed by atoms with Gasteiger partial charge in [0.1, 0.15) is 0 Å². The van der Waals surface area contributed by atoms with Gasteiger partial charge >= 0.3 is 12.4 Å². The molecule has 13 heteroatoms. The molecule has 0 amide bonds. The molecular weight excluding hydrogens is 440 g/mol. The molecule has 1 aliphatic rings. The first-order chi connectivity index (χ1) is 13.9. The third-order valence-corrected chi connectivity index (χ3v) is 5.81. The molecule has 6 nitrogen and oxygen atoms in total. The zero-order valence-corrected chi connectivity index (χ0v) is 16.2. The van der Waals surface area contributed by atoms with Crippen LogP contribution in [0, 0.1) is 0 Å². The number of ether oxygens (including phenoxy) is 1.